The van der Waals surface area contributed by atoms with Crippen LogP contribution in [-0.2, 0) is 11.3 Å². The molecule has 0 aliphatic carbocycles. The van der Waals surface area contributed by atoms with Gasteiger partial charge >= 0.3 is 5.97 Å². The van der Waals surface area contributed by atoms with Gasteiger partial charge in [0, 0.05) is 18.7 Å². The van der Waals surface area contributed by atoms with Crippen molar-refractivity contribution in [3.05, 3.63) is 29.8 Å². The molecule has 5 nitrogen and oxygen atoms in total. The van der Waals surface area contributed by atoms with Crippen molar-refractivity contribution < 1.29 is 14.6 Å². The lowest BCUT2D eigenvalue weighted by Gasteiger charge is -2.24. The molecule has 0 aliphatic heterocycles. The van der Waals surface area contributed by atoms with E-state index >= 15 is 0 Å². The molecule has 1 rings (SSSR count). The van der Waals surface area contributed by atoms with Crippen LogP contribution in [0.15, 0.2) is 24.3 Å². The van der Waals surface area contributed by atoms with Crippen LogP contribution in [0.25, 0.3) is 0 Å². The number of carboxylic acids is 1. The second-order valence-corrected chi connectivity index (χ2v) is 3.82. The molecule has 0 bridgehead atoms. The summed E-state index contributed by atoms with van der Waals surface area (Å²) in [5, 5.41) is 9.00. The zero-order valence-corrected chi connectivity index (χ0v) is 10.1. The summed E-state index contributed by atoms with van der Waals surface area (Å²) >= 11 is 0. The number of aliphatic carboxylic acids is 1. The largest absolute Gasteiger partial charge is 0.496 e. The number of nitrogens with two attached hydrogens (primary N) is 1. The minimum absolute atomic E-state index is 0.0843. The van der Waals surface area contributed by atoms with Crippen LogP contribution in [0.4, 0.5) is 0 Å². The number of likely N-dealkylation sites (N-methyl/N-ethyl adjacent to an activating group) is 1. The molecule has 94 valence electrons. The molecular weight excluding hydrogens is 220 g/mol. The number of methoxy groups -OCH3 is 1. The average molecular weight is 238 g/mol. The SMILES string of the molecule is COc1ccccc1CN(C)C(CN)C(=O)O. The number of nitrogens with zero attached hydrogens (tertiary/aromatic N) is 1. The van der Waals surface area contributed by atoms with Gasteiger partial charge in [-0.25, -0.2) is 0 Å². The van der Waals surface area contributed by atoms with Crippen molar-refractivity contribution in [2.45, 2.75) is 12.6 Å². The van der Waals surface area contributed by atoms with Crippen molar-refractivity contribution in [3.63, 3.8) is 0 Å². The van der Waals surface area contributed by atoms with E-state index < -0.39 is 12.0 Å². The molecule has 0 saturated carbocycles. The van der Waals surface area contributed by atoms with Gasteiger partial charge in [-0.05, 0) is 13.1 Å². The van der Waals surface area contributed by atoms with Gasteiger partial charge in [0.2, 0.25) is 0 Å². The normalized spacial score (nSPS) is 12.5. The van der Waals surface area contributed by atoms with Gasteiger partial charge in [-0.2, -0.15) is 0 Å². The highest BCUT2D eigenvalue weighted by molar-refractivity contribution is 5.73. The van der Waals surface area contributed by atoms with E-state index in [1.807, 2.05) is 24.3 Å². The first kappa shape index (κ1) is 13.5. The Morgan fingerprint density at radius 1 is 1.53 bits per heavy atom. The number of benzene rings is 1. The Morgan fingerprint density at radius 2 is 2.18 bits per heavy atom. The fourth-order valence-corrected chi connectivity index (χ4v) is 1.68. The second kappa shape index (κ2) is 6.22. The monoisotopic (exact) mass is 238 g/mol. The van der Waals surface area contributed by atoms with Crippen molar-refractivity contribution >= 4 is 5.97 Å². The zero-order valence-electron chi connectivity index (χ0n) is 10.1. The smallest absolute Gasteiger partial charge is 0.322 e. The molecule has 0 amide bonds. The average Bonchev–Trinajstić information content (AvgIpc) is 2.30. The maximum absolute atomic E-state index is 11.0. The molecule has 0 fully saturated rings. The Labute approximate surface area is 101 Å². The Bertz CT molecular complexity index is 382. The predicted octanol–water partition coefficient (Wildman–Crippen LogP) is 0.539. The lowest BCUT2D eigenvalue weighted by Crippen LogP contribution is -2.43. The molecule has 1 unspecified atom stereocenters. The van der Waals surface area contributed by atoms with E-state index in [0.717, 1.165) is 11.3 Å². The van der Waals surface area contributed by atoms with Gasteiger partial charge in [0.25, 0.3) is 0 Å². The standard InChI is InChI=1S/C12H18N2O3/c1-14(10(7-13)12(15)16)8-9-5-3-4-6-11(9)17-2/h3-6,10H,7-8,13H2,1-2H3,(H,15,16). The predicted molar refractivity (Wildman–Crippen MR) is 64.9 cm³/mol. The van der Waals surface area contributed by atoms with Crippen LogP contribution in [0.3, 0.4) is 0 Å². The second-order valence-electron chi connectivity index (χ2n) is 3.82. The summed E-state index contributed by atoms with van der Waals surface area (Å²) in [5.74, 6) is -0.162. The quantitative estimate of drug-likeness (QED) is 0.756. The first-order valence-electron chi connectivity index (χ1n) is 5.35. The molecule has 5 heteroatoms. The van der Waals surface area contributed by atoms with Gasteiger partial charge in [0.05, 0.1) is 7.11 Å². The third-order valence-corrected chi connectivity index (χ3v) is 2.65. The molecule has 3 N–H and O–H groups in total. The number of ether oxygens (including phenoxy) is 1. The highest BCUT2D eigenvalue weighted by Crippen LogP contribution is 2.19. The van der Waals surface area contributed by atoms with Gasteiger partial charge in [-0.15, -0.1) is 0 Å². The van der Waals surface area contributed by atoms with Crippen LogP contribution in [0, 0.1) is 0 Å². The maximum atomic E-state index is 11.0. The number of carbonyl (C=O) groups is 1. The minimum atomic E-state index is -0.912. The van der Waals surface area contributed by atoms with E-state index in [2.05, 4.69) is 0 Å². The molecule has 17 heavy (non-hydrogen) atoms. The van der Waals surface area contributed by atoms with E-state index in [-0.39, 0.29) is 6.54 Å². The Morgan fingerprint density at radius 3 is 2.71 bits per heavy atom. The summed E-state index contributed by atoms with van der Waals surface area (Å²) in [5.41, 5.74) is 6.39. The number of rotatable bonds is 6. The number of hydrogen-bond donors (Lipinski definition) is 2. The maximum Gasteiger partial charge on any atom is 0.322 e. The highest BCUT2D eigenvalue weighted by Gasteiger charge is 2.21. The topological polar surface area (TPSA) is 75.8 Å². The van der Waals surface area contributed by atoms with Gasteiger partial charge in [-0.3, -0.25) is 9.69 Å². The van der Waals surface area contributed by atoms with Gasteiger partial charge in [-0.1, -0.05) is 18.2 Å². The van der Waals surface area contributed by atoms with Gasteiger partial charge in [0.15, 0.2) is 0 Å². The fraction of sp³-hybridized carbons (Fsp3) is 0.417. The third-order valence-electron chi connectivity index (χ3n) is 2.65. The minimum Gasteiger partial charge on any atom is -0.496 e. The van der Waals surface area contributed by atoms with Gasteiger partial charge in [0.1, 0.15) is 11.8 Å². The lowest BCUT2D eigenvalue weighted by molar-refractivity contribution is -0.142. The molecule has 1 atom stereocenters. The van der Waals surface area contributed by atoms with Crippen molar-refractivity contribution in [2.24, 2.45) is 5.73 Å². The van der Waals surface area contributed by atoms with Crippen LogP contribution < -0.4 is 10.5 Å². The van der Waals surface area contributed by atoms with Crippen LogP contribution in [-0.4, -0.2) is 42.7 Å². The van der Waals surface area contributed by atoms with Crippen molar-refractivity contribution in [3.8, 4) is 5.75 Å². The molecule has 1 aromatic rings. The Balaban J connectivity index is 2.79. The van der Waals surface area contributed by atoms with Crippen molar-refractivity contribution in [2.75, 3.05) is 20.7 Å². The summed E-state index contributed by atoms with van der Waals surface area (Å²) < 4.78 is 5.21. The van der Waals surface area contributed by atoms with Crippen LogP contribution in [0.2, 0.25) is 0 Å². The van der Waals surface area contributed by atoms with E-state index in [1.165, 1.54) is 0 Å². The third kappa shape index (κ3) is 3.44. The first-order valence-corrected chi connectivity index (χ1v) is 5.35. The number of para-hydroxylation sites is 1. The summed E-state index contributed by atoms with van der Waals surface area (Å²) in [7, 11) is 3.33. The molecule has 1 aromatic carbocycles. The molecule has 0 aliphatic rings. The molecular formula is C12H18N2O3. The summed E-state index contributed by atoms with van der Waals surface area (Å²) in [6.07, 6.45) is 0. The summed E-state index contributed by atoms with van der Waals surface area (Å²) in [4.78, 5) is 12.7. The van der Waals surface area contributed by atoms with Crippen LogP contribution >= 0.6 is 0 Å². The lowest BCUT2D eigenvalue weighted by atomic mass is 10.1. The molecule has 0 heterocycles. The van der Waals surface area contributed by atoms with E-state index in [4.69, 9.17) is 15.6 Å². The molecule has 0 spiro atoms. The van der Waals surface area contributed by atoms with Gasteiger partial charge < -0.3 is 15.6 Å². The molecule has 0 aromatic heterocycles. The zero-order chi connectivity index (χ0) is 12.8. The Kier molecular flexibility index (Phi) is 4.93. The number of hydrogen-bond acceptors (Lipinski definition) is 4. The summed E-state index contributed by atoms with van der Waals surface area (Å²) in [6, 6.07) is 6.84. The van der Waals surface area contributed by atoms with E-state index in [9.17, 15) is 4.79 Å². The van der Waals surface area contributed by atoms with Crippen LogP contribution in [0.1, 0.15) is 5.56 Å². The van der Waals surface area contributed by atoms with E-state index in [1.54, 1.807) is 19.1 Å². The molecule has 0 radical (unpaired) electrons. The Hall–Kier alpha value is -1.59. The van der Waals surface area contributed by atoms with E-state index in [0.29, 0.717) is 6.54 Å². The van der Waals surface area contributed by atoms with Crippen LogP contribution in [0.5, 0.6) is 5.75 Å². The van der Waals surface area contributed by atoms with Crippen molar-refractivity contribution in [1.29, 1.82) is 0 Å². The highest BCUT2D eigenvalue weighted by atomic mass is 16.5. The van der Waals surface area contributed by atoms with Crippen molar-refractivity contribution in [1.82, 2.24) is 4.90 Å². The summed E-state index contributed by atoms with van der Waals surface area (Å²) in [6.45, 7) is 0.569. The first-order chi connectivity index (χ1) is 8.10. The molecule has 0 saturated heterocycles. The fourth-order valence-electron chi connectivity index (χ4n) is 1.68. The number of carboxylic acid groups (broad SMARTS) is 1.